The molecule has 3 heteroatoms. The van der Waals surface area contributed by atoms with Crippen LogP contribution >= 0.6 is 15.9 Å². The highest BCUT2D eigenvalue weighted by Gasteiger charge is 2.11. The number of benzene rings is 2. The molecule has 1 heterocycles. The van der Waals surface area contributed by atoms with Gasteiger partial charge in [0.1, 0.15) is 17.9 Å². The Morgan fingerprint density at radius 1 is 1.14 bits per heavy atom. The summed E-state index contributed by atoms with van der Waals surface area (Å²) in [6.45, 7) is 4.73. The highest BCUT2D eigenvalue weighted by Crippen LogP contribution is 2.30. The third kappa shape index (κ3) is 2.84. The minimum absolute atomic E-state index is 0.514. The van der Waals surface area contributed by atoms with E-state index in [1.165, 1.54) is 11.1 Å². The van der Waals surface area contributed by atoms with Crippen molar-refractivity contribution in [2.75, 3.05) is 0 Å². The van der Waals surface area contributed by atoms with Crippen molar-refractivity contribution in [1.82, 2.24) is 0 Å². The van der Waals surface area contributed by atoms with Gasteiger partial charge < -0.3 is 9.15 Å². The van der Waals surface area contributed by atoms with Crippen LogP contribution in [0.1, 0.15) is 23.6 Å². The first-order chi connectivity index (χ1) is 10.2. The number of ether oxygens (including phenoxy) is 1. The zero-order valence-electron chi connectivity index (χ0n) is 12.2. The molecular weight excluding hydrogens is 328 g/mol. The van der Waals surface area contributed by atoms with Gasteiger partial charge in [0.15, 0.2) is 0 Å². The predicted octanol–water partition coefficient (Wildman–Crippen LogP) is 5.65. The maximum atomic E-state index is 5.98. The Morgan fingerprint density at radius 3 is 2.76 bits per heavy atom. The van der Waals surface area contributed by atoms with Gasteiger partial charge in [0.25, 0.3) is 0 Å². The second-order valence-electron chi connectivity index (χ2n) is 5.13. The van der Waals surface area contributed by atoms with Crippen LogP contribution in [0, 0.1) is 6.92 Å². The van der Waals surface area contributed by atoms with Crippen LogP contribution in [-0.2, 0) is 13.0 Å². The number of furan rings is 1. The van der Waals surface area contributed by atoms with Gasteiger partial charge in [-0.25, -0.2) is 0 Å². The summed E-state index contributed by atoms with van der Waals surface area (Å²) in [7, 11) is 0. The van der Waals surface area contributed by atoms with E-state index in [-0.39, 0.29) is 0 Å². The number of halogens is 1. The van der Waals surface area contributed by atoms with Gasteiger partial charge in [-0.2, -0.15) is 0 Å². The Hall–Kier alpha value is -1.74. The van der Waals surface area contributed by atoms with E-state index < -0.39 is 0 Å². The topological polar surface area (TPSA) is 22.4 Å². The summed E-state index contributed by atoms with van der Waals surface area (Å²) < 4.78 is 12.6. The van der Waals surface area contributed by atoms with Crippen LogP contribution in [0.25, 0.3) is 11.0 Å². The molecule has 0 aliphatic carbocycles. The first kappa shape index (κ1) is 14.2. The SMILES string of the molecule is CCc1ccccc1OCc1coc2c(Br)cc(C)cc12. The summed E-state index contributed by atoms with van der Waals surface area (Å²) in [4.78, 5) is 0. The van der Waals surface area contributed by atoms with Crippen LogP contribution in [0.5, 0.6) is 5.75 Å². The first-order valence-electron chi connectivity index (χ1n) is 7.06. The molecule has 0 aliphatic heterocycles. The summed E-state index contributed by atoms with van der Waals surface area (Å²) in [6, 6.07) is 12.4. The van der Waals surface area contributed by atoms with Gasteiger partial charge in [-0.15, -0.1) is 0 Å². The van der Waals surface area contributed by atoms with Crippen molar-refractivity contribution in [3.05, 3.63) is 63.8 Å². The van der Waals surface area contributed by atoms with Crippen molar-refractivity contribution in [1.29, 1.82) is 0 Å². The van der Waals surface area contributed by atoms with Crippen molar-refractivity contribution in [3.63, 3.8) is 0 Å². The number of aryl methyl sites for hydroxylation is 2. The second kappa shape index (κ2) is 5.94. The number of rotatable bonds is 4. The van der Waals surface area contributed by atoms with Gasteiger partial charge in [0.2, 0.25) is 0 Å². The largest absolute Gasteiger partial charge is 0.488 e. The summed E-state index contributed by atoms with van der Waals surface area (Å²) in [5.41, 5.74) is 4.37. The van der Waals surface area contributed by atoms with Crippen molar-refractivity contribution in [2.24, 2.45) is 0 Å². The number of para-hydroxylation sites is 1. The molecule has 0 aliphatic rings. The normalized spacial score (nSPS) is 11.0. The Morgan fingerprint density at radius 2 is 1.95 bits per heavy atom. The molecule has 21 heavy (non-hydrogen) atoms. The average Bonchev–Trinajstić information content (AvgIpc) is 2.88. The lowest BCUT2D eigenvalue weighted by Crippen LogP contribution is -1.97. The molecule has 0 unspecified atom stereocenters. The van der Waals surface area contributed by atoms with E-state index in [0.29, 0.717) is 6.61 Å². The standard InChI is InChI=1S/C18H17BrO2/c1-3-13-6-4-5-7-17(13)20-10-14-11-21-18-15(14)8-12(2)9-16(18)19/h4-9,11H,3,10H2,1-2H3. The van der Waals surface area contributed by atoms with Crippen molar-refractivity contribution in [3.8, 4) is 5.75 Å². The van der Waals surface area contributed by atoms with Crippen LogP contribution in [0.2, 0.25) is 0 Å². The van der Waals surface area contributed by atoms with Crippen LogP contribution in [0.3, 0.4) is 0 Å². The van der Waals surface area contributed by atoms with E-state index in [1.807, 2.05) is 18.2 Å². The molecule has 1 aromatic heterocycles. The van der Waals surface area contributed by atoms with Gasteiger partial charge in [0.05, 0.1) is 10.7 Å². The molecule has 2 aromatic carbocycles. The number of fused-ring (bicyclic) bond motifs is 1. The molecule has 0 bridgehead atoms. The van der Waals surface area contributed by atoms with Crippen molar-refractivity contribution >= 4 is 26.9 Å². The summed E-state index contributed by atoms with van der Waals surface area (Å²) in [5, 5.41) is 1.11. The van der Waals surface area contributed by atoms with E-state index in [9.17, 15) is 0 Å². The maximum Gasteiger partial charge on any atom is 0.148 e. The quantitative estimate of drug-likeness (QED) is 0.610. The fourth-order valence-corrected chi connectivity index (χ4v) is 3.15. The first-order valence-corrected chi connectivity index (χ1v) is 7.85. The molecule has 0 spiro atoms. The molecular formula is C18H17BrO2. The van der Waals surface area contributed by atoms with Crippen LogP contribution in [0.4, 0.5) is 0 Å². The lowest BCUT2D eigenvalue weighted by molar-refractivity contribution is 0.303. The van der Waals surface area contributed by atoms with E-state index in [0.717, 1.165) is 33.2 Å². The molecule has 0 saturated heterocycles. The molecule has 0 N–H and O–H groups in total. The van der Waals surface area contributed by atoms with Crippen molar-refractivity contribution in [2.45, 2.75) is 26.9 Å². The fraction of sp³-hybridized carbons (Fsp3) is 0.222. The highest BCUT2D eigenvalue weighted by atomic mass is 79.9. The van der Waals surface area contributed by atoms with Crippen LogP contribution in [-0.4, -0.2) is 0 Å². The van der Waals surface area contributed by atoms with E-state index in [1.54, 1.807) is 6.26 Å². The molecule has 0 fully saturated rings. The number of hydrogen-bond donors (Lipinski definition) is 0. The summed E-state index contributed by atoms with van der Waals surface area (Å²) in [6.07, 6.45) is 2.75. The molecule has 3 rings (SSSR count). The van der Waals surface area contributed by atoms with Gasteiger partial charge >= 0.3 is 0 Å². The Bertz CT molecular complexity index is 774. The number of hydrogen-bond acceptors (Lipinski definition) is 2. The molecule has 0 atom stereocenters. The van der Waals surface area contributed by atoms with Gasteiger partial charge in [-0.05, 0) is 58.6 Å². The molecule has 0 radical (unpaired) electrons. The van der Waals surface area contributed by atoms with Crippen LogP contribution in [0.15, 0.2) is 51.6 Å². The lowest BCUT2D eigenvalue weighted by Gasteiger charge is -2.09. The summed E-state index contributed by atoms with van der Waals surface area (Å²) in [5.74, 6) is 0.945. The summed E-state index contributed by atoms with van der Waals surface area (Å²) >= 11 is 3.55. The zero-order valence-corrected chi connectivity index (χ0v) is 13.7. The Kier molecular flexibility index (Phi) is 4.02. The fourth-order valence-electron chi connectivity index (χ4n) is 2.48. The third-order valence-corrected chi connectivity index (χ3v) is 4.18. The maximum absolute atomic E-state index is 5.98. The second-order valence-corrected chi connectivity index (χ2v) is 5.99. The van der Waals surface area contributed by atoms with Gasteiger partial charge in [0, 0.05) is 10.9 Å². The minimum atomic E-state index is 0.514. The molecule has 2 nitrogen and oxygen atoms in total. The molecule has 3 aromatic rings. The minimum Gasteiger partial charge on any atom is -0.488 e. The monoisotopic (exact) mass is 344 g/mol. The van der Waals surface area contributed by atoms with E-state index >= 15 is 0 Å². The molecule has 0 saturated carbocycles. The molecule has 0 amide bonds. The van der Waals surface area contributed by atoms with E-state index in [2.05, 4.69) is 48.0 Å². The average molecular weight is 345 g/mol. The predicted molar refractivity (Wildman–Crippen MR) is 88.8 cm³/mol. The van der Waals surface area contributed by atoms with Crippen molar-refractivity contribution < 1.29 is 9.15 Å². The molecule has 108 valence electrons. The Labute approximate surface area is 132 Å². The van der Waals surface area contributed by atoms with Gasteiger partial charge in [-0.1, -0.05) is 25.1 Å². The lowest BCUT2D eigenvalue weighted by atomic mass is 10.1. The zero-order chi connectivity index (χ0) is 14.8. The highest BCUT2D eigenvalue weighted by molar-refractivity contribution is 9.10. The Balaban J connectivity index is 1.89. The third-order valence-electron chi connectivity index (χ3n) is 3.59. The smallest absolute Gasteiger partial charge is 0.148 e. The van der Waals surface area contributed by atoms with E-state index in [4.69, 9.17) is 9.15 Å². The van der Waals surface area contributed by atoms with Crippen LogP contribution < -0.4 is 4.74 Å². The van der Waals surface area contributed by atoms with Gasteiger partial charge in [-0.3, -0.25) is 0 Å².